The monoisotopic (exact) mass is 227 g/mol. The Balaban J connectivity index is 1.78. The second-order valence-electron chi connectivity index (χ2n) is 5.79. The lowest BCUT2D eigenvalue weighted by atomic mass is 9.86. The van der Waals surface area contributed by atoms with E-state index in [0.29, 0.717) is 12.5 Å². The molecule has 3 heteroatoms. The average Bonchev–Trinajstić information content (AvgIpc) is 2.90. The summed E-state index contributed by atoms with van der Waals surface area (Å²) in [6.07, 6.45) is 6.20. The van der Waals surface area contributed by atoms with Gasteiger partial charge in [0.1, 0.15) is 0 Å². The minimum Gasteiger partial charge on any atom is -0.396 e. The van der Waals surface area contributed by atoms with E-state index in [0.717, 1.165) is 26.3 Å². The molecule has 1 heterocycles. The van der Waals surface area contributed by atoms with Crippen LogP contribution in [0.4, 0.5) is 0 Å². The molecule has 2 fully saturated rings. The van der Waals surface area contributed by atoms with Gasteiger partial charge in [-0.1, -0.05) is 12.8 Å². The minimum atomic E-state index is 0.203. The van der Waals surface area contributed by atoms with Crippen molar-refractivity contribution in [1.29, 1.82) is 0 Å². The molecule has 0 radical (unpaired) electrons. The second kappa shape index (κ2) is 5.48. The molecule has 16 heavy (non-hydrogen) atoms. The molecule has 1 N–H and O–H groups in total. The van der Waals surface area contributed by atoms with Crippen molar-refractivity contribution in [1.82, 2.24) is 4.90 Å². The van der Waals surface area contributed by atoms with Gasteiger partial charge < -0.3 is 14.7 Å². The molecule has 0 aromatic carbocycles. The molecule has 1 saturated carbocycles. The van der Waals surface area contributed by atoms with E-state index in [4.69, 9.17) is 4.74 Å². The zero-order chi connectivity index (χ0) is 11.4. The number of hydrogen-bond acceptors (Lipinski definition) is 3. The lowest BCUT2D eigenvalue weighted by molar-refractivity contribution is 0.0808. The summed E-state index contributed by atoms with van der Waals surface area (Å²) in [6.45, 7) is 4.40. The molecule has 94 valence electrons. The summed E-state index contributed by atoms with van der Waals surface area (Å²) in [7, 11) is 2.19. The van der Waals surface area contributed by atoms with Crippen LogP contribution in [0.5, 0.6) is 0 Å². The molecule has 1 saturated heterocycles. The normalized spacial score (nSPS) is 29.1. The first-order chi connectivity index (χ1) is 7.74. The van der Waals surface area contributed by atoms with Crippen LogP contribution in [0.3, 0.4) is 0 Å². The van der Waals surface area contributed by atoms with Gasteiger partial charge in [0.05, 0.1) is 6.61 Å². The quantitative estimate of drug-likeness (QED) is 0.772. The van der Waals surface area contributed by atoms with Crippen LogP contribution in [-0.4, -0.2) is 50.0 Å². The highest BCUT2D eigenvalue weighted by molar-refractivity contribution is 4.87. The fourth-order valence-electron chi connectivity index (χ4n) is 3.30. The highest BCUT2D eigenvalue weighted by Crippen LogP contribution is 2.38. The van der Waals surface area contributed by atoms with Gasteiger partial charge in [-0.3, -0.25) is 0 Å². The van der Waals surface area contributed by atoms with Gasteiger partial charge in [-0.05, 0) is 32.2 Å². The third-order valence-electron chi connectivity index (χ3n) is 4.20. The molecular formula is C13H25NO2. The third kappa shape index (κ3) is 2.96. The maximum absolute atomic E-state index is 9.57. The topological polar surface area (TPSA) is 32.7 Å². The number of aliphatic hydroxyl groups excluding tert-OH is 1. The van der Waals surface area contributed by atoms with Gasteiger partial charge in [-0.15, -0.1) is 0 Å². The fourth-order valence-corrected chi connectivity index (χ4v) is 3.30. The largest absolute Gasteiger partial charge is 0.396 e. The Morgan fingerprint density at radius 1 is 1.38 bits per heavy atom. The second-order valence-corrected chi connectivity index (χ2v) is 5.79. The Labute approximate surface area is 98.8 Å². The van der Waals surface area contributed by atoms with Crippen molar-refractivity contribution < 1.29 is 9.84 Å². The molecule has 0 bridgehead atoms. The smallest absolute Gasteiger partial charge is 0.0507 e. The molecule has 0 amide bonds. The molecule has 1 atom stereocenters. The van der Waals surface area contributed by atoms with E-state index in [-0.39, 0.29) is 5.41 Å². The Bertz CT molecular complexity index is 208. The summed E-state index contributed by atoms with van der Waals surface area (Å²) >= 11 is 0. The first kappa shape index (κ1) is 12.3. The van der Waals surface area contributed by atoms with Crippen molar-refractivity contribution in [3.63, 3.8) is 0 Å². The van der Waals surface area contributed by atoms with Gasteiger partial charge in [0.25, 0.3) is 0 Å². The van der Waals surface area contributed by atoms with Gasteiger partial charge in [0.2, 0.25) is 0 Å². The first-order valence-corrected chi connectivity index (χ1v) is 6.61. The molecule has 0 aromatic heterocycles. The molecule has 0 spiro atoms. The number of rotatable bonds is 5. The van der Waals surface area contributed by atoms with Gasteiger partial charge in [-0.25, -0.2) is 0 Å². The zero-order valence-corrected chi connectivity index (χ0v) is 10.5. The molecule has 1 aliphatic heterocycles. The van der Waals surface area contributed by atoms with Crippen LogP contribution in [0.15, 0.2) is 0 Å². The predicted octanol–water partition coefficient (Wildman–Crippen LogP) is 1.51. The molecule has 2 aliphatic rings. The first-order valence-electron chi connectivity index (χ1n) is 6.61. The maximum Gasteiger partial charge on any atom is 0.0507 e. The third-order valence-corrected chi connectivity index (χ3v) is 4.20. The number of hydrogen-bond donors (Lipinski definition) is 1. The summed E-state index contributed by atoms with van der Waals surface area (Å²) in [5.41, 5.74) is 0.203. The Morgan fingerprint density at radius 3 is 2.69 bits per heavy atom. The molecule has 1 unspecified atom stereocenters. The van der Waals surface area contributed by atoms with E-state index < -0.39 is 0 Å². The summed E-state index contributed by atoms with van der Waals surface area (Å²) in [6, 6.07) is 0. The molecular weight excluding hydrogens is 202 g/mol. The zero-order valence-electron chi connectivity index (χ0n) is 10.5. The number of nitrogens with zero attached hydrogens (tertiary/aromatic N) is 1. The van der Waals surface area contributed by atoms with Crippen LogP contribution < -0.4 is 0 Å². The number of aliphatic hydroxyl groups is 1. The molecule has 0 aromatic rings. The average molecular weight is 227 g/mol. The SMILES string of the molecule is CN(CC1CCOC1)CC1(CO)CCCC1. The Kier molecular flexibility index (Phi) is 4.22. The summed E-state index contributed by atoms with van der Waals surface area (Å²) in [5, 5.41) is 9.57. The van der Waals surface area contributed by atoms with Crippen LogP contribution in [0.1, 0.15) is 32.1 Å². The van der Waals surface area contributed by atoms with Crippen molar-refractivity contribution in [2.24, 2.45) is 11.3 Å². The number of ether oxygens (including phenoxy) is 1. The van der Waals surface area contributed by atoms with Crippen molar-refractivity contribution in [3.8, 4) is 0 Å². The lowest BCUT2D eigenvalue weighted by Gasteiger charge is -2.32. The Hall–Kier alpha value is -0.120. The lowest BCUT2D eigenvalue weighted by Crippen LogP contribution is -2.38. The predicted molar refractivity (Wildman–Crippen MR) is 64.4 cm³/mol. The van der Waals surface area contributed by atoms with E-state index >= 15 is 0 Å². The van der Waals surface area contributed by atoms with Crippen molar-refractivity contribution >= 4 is 0 Å². The van der Waals surface area contributed by atoms with Crippen LogP contribution in [0.25, 0.3) is 0 Å². The van der Waals surface area contributed by atoms with Crippen molar-refractivity contribution in [2.45, 2.75) is 32.1 Å². The van der Waals surface area contributed by atoms with Crippen LogP contribution in [0.2, 0.25) is 0 Å². The summed E-state index contributed by atoms with van der Waals surface area (Å²) in [4.78, 5) is 2.40. The van der Waals surface area contributed by atoms with E-state index in [1.807, 2.05) is 0 Å². The van der Waals surface area contributed by atoms with Gasteiger partial charge in [0, 0.05) is 31.7 Å². The maximum atomic E-state index is 9.57. The van der Waals surface area contributed by atoms with Crippen molar-refractivity contribution in [2.75, 3.05) is 40.0 Å². The van der Waals surface area contributed by atoms with E-state index in [9.17, 15) is 5.11 Å². The van der Waals surface area contributed by atoms with Crippen LogP contribution in [0, 0.1) is 11.3 Å². The standard InChI is InChI=1S/C13H25NO2/c1-14(8-12-4-7-16-9-12)10-13(11-15)5-2-3-6-13/h12,15H,2-11H2,1H3. The van der Waals surface area contributed by atoms with Crippen molar-refractivity contribution in [3.05, 3.63) is 0 Å². The van der Waals surface area contributed by atoms with E-state index in [2.05, 4.69) is 11.9 Å². The van der Waals surface area contributed by atoms with Gasteiger partial charge in [-0.2, -0.15) is 0 Å². The fraction of sp³-hybridized carbons (Fsp3) is 1.00. The summed E-state index contributed by atoms with van der Waals surface area (Å²) < 4.78 is 5.40. The van der Waals surface area contributed by atoms with Crippen LogP contribution in [-0.2, 0) is 4.74 Å². The van der Waals surface area contributed by atoms with Gasteiger partial charge in [0.15, 0.2) is 0 Å². The Morgan fingerprint density at radius 2 is 2.12 bits per heavy atom. The highest BCUT2D eigenvalue weighted by atomic mass is 16.5. The molecule has 1 aliphatic carbocycles. The summed E-state index contributed by atoms with van der Waals surface area (Å²) in [5.74, 6) is 0.710. The van der Waals surface area contributed by atoms with Crippen LogP contribution >= 0.6 is 0 Å². The molecule has 2 rings (SSSR count). The molecule has 3 nitrogen and oxygen atoms in total. The van der Waals surface area contributed by atoms with Gasteiger partial charge >= 0.3 is 0 Å². The highest BCUT2D eigenvalue weighted by Gasteiger charge is 2.34. The minimum absolute atomic E-state index is 0.203. The van der Waals surface area contributed by atoms with E-state index in [1.165, 1.54) is 32.1 Å². The van der Waals surface area contributed by atoms with E-state index in [1.54, 1.807) is 0 Å².